The first kappa shape index (κ1) is 16.4. The first-order valence-electron chi connectivity index (χ1n) is 9.08. The van der Waals surface area contributed by atoms with Crippen LogP contribution in [0.3, 0.4) is 0 Å². The largest absolute Gasteiger partial charge is 0.206 e. The van der Waals surface area contributed by atoms with Gasteiger partial charge in [0.15, 0.2) is 0 Å². The second-order valence-electron chi connectivity index (χ2n) is 7.44. The van der Waals surface area contributed by atoms with Crippen LogP contribution in [0.4, 0.5) is 8.78 Å². The van der Waals surface area contributed by atoms with Crippen molar-refractivity contribution in [2.75, 3.05) is 0 Å². The minimum absolute atomic E-state index is 0.199. The normalized spacial score (nSPS) is 12.3. The zero-order valence-electron chi connectivity index (χ0n) is 15.2. The quantitative estimate of drug-likeness (QED) is 0.238. The van der Waals surface area contributed by atoms with Crippen LogP contribution in [0.5, 0.6) is 0 Å². The predicted molar refractivity (Wildman–Crippen MR) is 119 cm³/mol. The van der Waals surface area contributed by atoms with Gasteiger partial charge in [-0.15, -0.1) is 22.7 Å². The van der Waals surface area contributed by atoms with Gasteiger partial charge in [-0.2, -0.15) is 0 Å². The van der Waals surface area contributed by atoms with Crippen LogP contribution in [0.2, 0.25) is 0 Å². The molecule has 0 spiro atoms. The van der Waals surface area contributed by atoms with E-state index in [2.05, 4.69) is 0 Å². The Bertz CT molecular complexity index is 1480. The van der Waals surface area contributed by atoms with E-state index in [1.54, 1.807) is 0 Å². The summed E-state index contributed by atoms with van der Waals surface area (Å²) in [4.78, 5) is 0. The first-order valence-corrected chi connectivity index (χ1v) is 10.7. The lowest BCUT2D eigenvalue weighted by Crippen LogP contribution is -1.82. The van der Waals surface area contributed by atoms with Gasteiger partial charge in [-0.25, -0.2) is 8.78 Å². The van der Waals surface area contributed by atoms with Crippen molar-refractivity contribution in [3.63, 3.8) is 0 Å². The monoisotopic (exact) mass is 404 g/mol. The second kappa shape index (κ2) is 5.49. The third kappa shape index (κ3) is 2.07. The Morgan fingerprint density at radius 1 is 0.607 bits per heavy atom. The third-order valence-corrected chi connectivity index (χ3v) is 7.92. The highest BCUT2D eigenvalue weighted by Crippen LogP contribution is 2.48. The van der Waals surface area contributed by atoms with Crippen molar-refractivity contribution in [2.24, 2.45) is 0 Å². The van der Waals surface area contributed by atoms with E-state index in [1.807, 2.05) is 62.4 Å². The average molecular weight is 405 g/mol. The van der Waals surface area contributed by atoms with Crippen LogP contribution in [-0.4, -0.2) is 0 Å². The molecule has 2 aromatic heterocycles. The molecular weight excluding hydrogens is 390 g/mol. The molecule has 0 aliphatic carbocycles. The number of benzene rings is 4. The van der Waals surface area contributed by atoms with Gasteiger partial charge in [0.1, 0.15) is 11.6 Å². The molecule has 0 N–H and O–H groups in total. The number of aryl methyl sites for hydroxylation is 2. The highest BCUT2D eigenvalue weighted by atomic mass is 32.1. The molecule has 0 atom stereocenters. The Morgan fingerprint density at radius 2 is 1.04 bits per heavy atom. The molecule has 28 heavy (non-hydrogen) atoms. The lowest BCUT2D eigenvalue weighted by Gasteiger charge is -2.03. The Kier molecular flexibility index (Phi) is 3.22. The number of halogens is 2. The van der Waals surface area contributed by atoms with Gasteiger partial charge in [0, 0.05) is 30.9 Å². The number of hydrogen-bond acceptors (Lipinski definition) is 2. The molecular formula is C24H14F2S2. The summed E-state index contributed by atoms with van der Waals surface area (Å²) in [6.45, 7) is 3.93. The van der Waals surface area contributed by atoms with Crippen molar-refractivity contribution in [1.82, 2.24) is 0 Å². The Hall–Kier alpha value is -2.56. The molecule has 136 valence electrons. The summed E-state index contributed by atoms with van der Waals surface area (Å²) in [5.74, 6) is -0.398. The zero-order chi connectivity index (χ0) is 19.2. The maximum atomic E-state index is 15.5. The molecule has 6 aromatic rings. The minimum Gasteiger partial charge on any atom is -0.206 e. The lowest BCUT2D eigenvalue weighted by molar-refractivity contribution is 0.651. The van der Waals surface area contributed by atoms with E-state index >= 15 is 8.78 Å². The Morgan fingerprint density at radius 3 is 1.46 bits per heavy atom. The maximum Gasteiger partial charge on any atom is 0.141 e. The molecule has 0 aliphatic heterocycles. The van der Waals surface area contributed by atoms with Crippen molar-refractivity contribution in [2.45, 2.75) is 13.8 Å². The lowest BCUT2D eigenvalue weighted by atomic mass is 10.0. The van der Waals surface area contributed by atoms with Crippen LogP contribution in [0.25, 0.3) is 51.1 Å². The highest BCUT2D eigenvalue weighted by molar-refractivity contribution is 7.36. The molecule has 0 aliphatic rings. The van der Waals surface area contributed by atoms with Gasteiger partial charge in [0.25, 0.3) is 0 Å². The summed E-state index contributed by atoms with van der Waals surface area (Å²) in [6.07, 6.45) is 0. The summed E-state index contributed by atoms with van der Waals surface area (Å²) in [7, 11) is 0. The van der Waals surface area contributed by atoms with Gasteiger partial charge in [-0.05, 0) is 48.9 Å². The van der Waals surface area contributed by atoms with Crippen LogP contribution in [-0.2, 0) is 0 Å². The summed E-state index contributed by atoms with van der Waals surface area (Å²) < 4.78 is 34.4. The molecule has 0 saturated heterocycles. The summed E-state index contributed by atoms with van der Waals surface area (Å²) in [5, 5.41) is 4.28. The molecule has 0 radical (unpaired) electrons. The molecule has 2 heterocycles. The fourth-order valence-electron chi connectivity index (χ4n) is 4.11. The van der Waals surface area contributed by atoms with Crippen LogP contribution < -0.4 is 0 Å². The van der Waals surface area contributed by atoms with Crippen LogP contribution in [0.15, 0.2) is 48.5 Å². The average Bonchev–Trinajstić information content (AvgIpc) is 3.18. The highest BCUT2D eigenvalue weighted by Gasteiger charge is 2.20. The number of rotatable bonds is 0. The van der Waals surface area contributed by atoms with Crippen molar-refractivity contribution in [3.8, 4) is 0 Å². The molecule has 0 bridgehead atoms. The second-order valence-corrected chi connectivity index (χ2v) is 9.54. The van der Waals surface area contributed by atoms with E-state index in [0.717, 1.165) is 40.7 Å². The molecule has 0 saturated carbocycles. The van der Waals surface area contributed by atoms with Crippen LogP contribution in [0.1, 0.15) is 11.1 Å². The Labute approximate surface area is 167 Å². The number of thiophene rings is 2. The molecule has 6 rings (SSSR count). The van der Waals surface area contributed by atoms with Crippen molar-refractivity contribution < 1.29 is 8.78 Å². The molecule has 0 amide bonds. The van der Waals surface area contributed by atoms with Gasteiger partial charge in [0.05, 0.1) is 9.40 Å². The van der Waals surface area contributed by atoms with E-state index in [-0.39, 0.29) is 11.6 Å². The standard InChI is InChI=1S/C24H14F2S2/c1-11-3-5-13-9-17-19(21(25)15(13)7-11)23-24(27-17)20-18(28-23)10-14-6-4-12(2)8-16(14)22(20)26/h3-10H,1-2H3. The molecule has 0 unspecified atom stereocenters. The van der Waals surface area contributed by atoms with Crippen LogP contribution >= 0.6 is 22.7 Å². The minimum atomic E-state index is -0.199. The van der Waals surface area contributed by atoms with Gasteiger partial charge >= 0.3 is 0 Å². The topological polar surface area (TPSA) is 0 Å². The van der Waals surface area contributed by atoms with E-state index < -0.39 is 0 Å². The molecule has 4 aromatic carbocycles. The van der Waals surface area contributed by atoms with Gasteiger partial charge in [-0.1, -0.05) is 35.4 Å². The van der Waals surface area contributed by atoms with Gasteiger partial charge in [0.2, 0.25) is 0 Å². The van der Waals surface area contributed by atoms with Crippen LogP contribution in [0, 0.1) is 25.5 Å². The number of hydrogen-bond donors (Lipinski definition) is 0. The van der Waals surface area contributed by atoms with Crippen molar-refractivity contribution >= 4 is 73.8 Å². The maximum absolute atomic E-state index is 15.5. The zero-order valence-corrected chi connectivity index (χ0v) is 16.8. The van der Waals surface area contributed by atoms with E-state index in [4.69, 9.17) is 0 Å². The van der Waals surface area contributed by atoms with E-state index in [9.17, 15) is 0 Å². The molecule has 4 heteroatoms. The molecule has 0 nitrogen and oxygen atoms in total. The summed E-state index contributed by atoms with van der Waals surface area (Å²) in [6, 6.07) is 15.7. The van der Waals surface area contributed by atoms with E-state index in [0.29, 0.717) is 21.5 Å². The smallest absolute Gasteiger partial charge is 0.141 e. The summed E-state index contributed by atoms with van der Waals surface area (Å²) in [5.41, 5.74) is 2.06. The third-order valence-electron chi connectivity index (χ3n) is 5.48. The van der Waals surface area contributed by atoms with Gasteiger partial charge < -0.3 is 0 Å². The van der Waals surface area contributed by atoms with Gasteiger partial charge in [-0.3, -0.25) is 0 Å². The Balaban J connectivity index is 1.83. The SMILES string of the molecule is Cc1ccc2cc3sc4c(sc5cc6ccc(C)cc6c(F)c54)c3c(F)c2c1. The van der Waals surface area contributed by atoms with Crippen molar-refractivity contribution in [1.29, 1.82) is 0 Å². The van der Waals surface area contributed by atoms with E-state index in [1.165, 1.54) is 22.7 Å². The number of fused-ring (bicyclic) bond motifs is 7. The summed E-state index contributed by atoms with van der Waals surface area (Å²) >= 11 is 2.98. The molecule has 0 fully saturated rings. The van der Waals surface area contributed by atoms with Crippen molar-refractivity contribution in [3.05, 3.63) is 71.3 Å². The first-order chi connectivity index (χ1) is 13.5. The predicted octanol–water partition coefficient (Wildman–Crippen LogP) is 8.47. The fourth-order valence-corrected chi connectivity index (χ4v) is 6.88. The fraction of sp³-hybridized carbons (Fsp3) is 0.0833.